The van der Waals surface area contributed by atoms with Crippen LogP contribution >= 0.6 is 39.5 Å². The second-order valence-electron chi connectivity index (χ2n) is 6.85. The van der Waals surface area contributed by atoms with Crippen LogP contribution in [0.25, 0.3) is 0 Å². The zero-order chi connectivity index (χ0) is 20.1. The van der Waals surface area contributed by atoms with Crippen molar-refractivity contribution in [3.8, 4) is 0 Å². The van der Waals surface area contributed by atoms with Gasteiger partial charge < -0.3 is 15.4 Å². The maximum absolute atomic E-state index is 12.5. The summed E-state index contributed by atoms with van der Waals surface area (Å²) in [5, 5.41) is 7.81. The number of thiophene rings is 1. The van der Waals surface area contributed by atoms with E-state index in [1.807, 2.05) is 12.1 Å². The Bertz CT molecular complexity index is 880. The summed E-state index contributed by atoms with van der Waals surface area (Å²) in [5.74, 6) is -0.290. The van der Waals surface area contributed by atoms with Gasteiger partial charge in [0.25, 0.3) is 0 Å². The van der Waals surface area contributed by atoms with Gasteiger partial charge in [-0.25, -0.2) is 4.79 Å². The number of carbonyl (C=O) groups excluding carboxylic acids is 1. The highest BCUT2D eigenvalue weighted by atomic mass is 79.9. The minimum atomic E-state index is -0.290. The standard InChI is InChI=1S/C21H25BrN2O2S2/c1-3-13-12-14(22)10-11-16(13)23-21(27)24-19-18(20(25)26-2)15-8-6-4-5-7-9-17(15)28-19/h10-12H,3-9H2,1-2H3,(H2,23,24,27). The maximum atomic E-state index is 12.5. The number of aryl methyl sites for hydroxylation is 2. The Morgan fingerprint density at radius 3 is 2.68 bits per heavy atom. The van der Waals surface area contributed by atoms with Gasteiger partial charge in [0.05, 0.1) is 12.7 Å². The number of anilines is 2. The van der Waals surface area contributed by atoms with Crippen LogP contribution in [0.3, 0.4) is 0 Å². The average Bonchev–Trinajstić information content (AvgIpc) is 2.98. The van der Waals surface area contributed by atoms with Crippen molar-refractivity contribution in [2.45, 2.75) is 51.9 Å². The Hall–Kier alpha value is -1.44. The molecule has 0 amide bonds. The van der Waals surface area contributed by atoms with E-state index >= 15 is 0 Å². The van der Waals surface area contributed by atoms with E-state index in [-0.39, 0.29) is 5.97 Å². The average molecular weight is 481 g/mol. The number of nitrogens with one attached hydrogen (secondary N) is 2. The molecule has 1 aliphatic carbocycles. The number of hydrogen-bond acceptors (Lipinski definition) is 4. The lowest BCUT2D eigenvalue weighted by Crippen LogP contribution is -2.21. The normalized spacial score (nSPS) is 13.8. The first-order valence-corrected chi connectivity index (χ1v) is 11.6. The van der Waals surface area contributed by atoms with Crippen LogP contribution < -0.4 is 10.6 Å². The van der Waals surface area contributed by atoms with Crippen molar-refractivity contribution in [3.05, 3.63) is 44.2 Å². The van der Waals surface area contributed by atoms with E-state index in [9.17, 15) is 4.79 Å². The lowest BCUT2D eigenvalue weighted by Gasteiger charge is -2.14. The van der Waals surface area contributed by atoms with Crippen molar-refractivity contribution >= 4 is 61.3 Å². The van der Waals surface area contributed by atoms with Crippen LogP contribution in [0, 0.1) is 0 Å². The number of halogens is 1. The van der Waals surface area contributed by atoms with Gasteiger partial charge in [0.2, 0.25) is 0 Å². The van der Waals surface area contributed by atoms with Crippen LogP contribution in [-0.4, -0.2) is 18.2 Å². The molecule has 0 radical (unpaired) electrons. The molecular formula is C21H25BrN2O2S2. The number of fused-ring (bicyclic) bond motifs is 1. The summed E-state index contributed by atoms with van der Waals surface area (Å²) in [7, 11) is 1.44. The number of methoxy groups -OCH3 is 1. The SMILES string of the molecule is CCc1cc(Br)ccc1NC(=S)Nc1sc2c(c1C(=O)OC)CCCCCC2. The highest BCUT2D eigenvalue weighted by molar-refractivity contribution is 9.10. The van der Waals surface area contributed by atoms with Gasteiger partial charge in [-0.2, -0.15) is 0 Å². The molecule has 0 bridgehead atoms. The van der Waals surface area contributed by atoms with Crippen molar-refractivity contribution < 1.29 is 9.53 Å². The molecule has 2 N–H and O–H groups in total. The van der Waals surface area contributed by atoms with Crippen molar-refractivity contribution in [2.75, 3.05) is 17.7 Å². The molecule has 0 aliphatic heterocycles. The largest absolute Gasteiger partial charge is 0.465 e. The number of hydrogen-bond donors (Lipinski definition) is 2. The van der Waals surface area contributed by atoms with Crippen LogP contribution in [-0.2, 0) is 24.0 Å². The van der Waals surface area contributed by atoms with Crippen molar-refractivity contribution in [2.24, 2.45) is 0 Å². The second-order valence-corrected chi connectivity index (χ2v) is 9.28. The molecule has 4 nitrogen and oxygen atoms in total. The molecule has 0 atom stereocenters. The smallest absolute Gasteiger partial charge is 0.341 e. The fraction of sp³-hybridized carbons (Fsp3) is 0.429. The van der Waals surface area contributed by atoms with Gasteiger partial charge in [-0.05, 0) is 73.6 Å². The number of esters is 1. The zero-order valence-corrected chi connectivity index (χ0v) is 19.4. The van der Waals surface area contributed by atoms with Crippen LogP contribution in [0.5, 0.6) is 0 Å². The van der Waals surface area contributed by atoms with Gasteiger partial charge >= 0.3 is 5.97 Å². The summed E-state index contributed by atoms with van der Waals surface area (Å²) in [5.41, 5.74) is 3.93. The molecule has 1 aromatic heterocycles. The first kappa shape index (κ1) is 21.3. The molecule has 150 valence electrons. The Balaban J connectivity index is 1.86. The number of rotatable bonds is 4. The Morgan fingerprint density at radius 1 is 1.21 bits per heavy atom. The predicted octanol–water partition coefficient (Wildman–Crippen LogP) is 6.33. The fourth-order valence-electron chi connectivity index (χ4n) is 3.56. The Morgan fingerprint density at radius 2 is 1.96 bits per heavy atom. The maximum Gasteiger partial charge on any atom is 0.341 e. The lowest BCUT2D eigenvalue weighted by molar-refractivity contribution is 0.0601. The van der Waals surface area contributed by atoms with Crippen LogP contribution in [0.4, 0.5) is 10.7 Å². The molecule has 2 aromatic rings. The van der Waals surface area contributed by atoms with E-state index in [0.29, 0.717) is 10.7 Å². The summed E-state index contributed by atoms with van der Waals surface area (Å²) in [4.78, 5) is 13.8. The zero-order valence-electron chi connectivity index (χ0n) is 16.2. The van der Waals surface area contributed by atoms with E-state index in [1.54, 1.807) is 11.3 Å². The summed E-state index contributed by atoms with van der Waals surface area (Å²) >= 11 is 10.7. The molecule has 1 aromatic carbocycles. The molecule has 1 aliphatic rings. The molecule has 0 fully saturated rings. The van der Waals surface area contributed by atoms with Gasteiger partial charge in [-0.1, -0.05) is 35.7 Å². The second kappa shape index (κ2) is 9.85. The van der Waals surface area contributed by atoms with E-state index < -0.39 is 0 Å². The highest BCUT2D eigenvalue weighted by Gasteiger charge is 2.25. The van der Waals surface area contributed by atoms with E-state index in [0.717, 1.165) is 52.8 Å². The molecular weight excluding hydrogens is 456 g/mol. The first-order valence-electron chi connectivity index (χ1n) is 9.62. The van der Waals surface area contributed by atoms with Gasteiger partial charge in [0.1, 0.15) is 5.00 Å². The molecule has 1 heterocycles. The summed E-state index contributed by atoms with van der Waals surface area (Å²) < 4.78 is 6.12. The fourth-order valence-corrected chi connectivity index (χ4v) is 5.53. The monoisotopic (exact) mass is 480 g/mol. The molecule has 0 saturated carbocycles. The molecule has 0 spiro atoms. The minimum Gasteiger partial charge on any atom is -0.465 e. The minimum absolute atomic E-state index is 0.290. The van der Waals surface area contributed by atoms with E-state index in [2.05, 4.69) is 39.6 Å². The predicted molar refractivity (Wildman–Crippen MR) is 125 cm³/mol. The number of ether oxygens (including phenoxy) is 1. The van der Waals surface area contributed by atoms with Gasteiger partial charge in [-0.3, -0.25) is 0 Å². The van der Waals surface area contributed by atoms with Crippen molar-refractivity contribution in [3.63, 3.8) is 0 Å². The Labute approximate surface area is 184 Å². The summed E-state index contributed by atoms with van der Waals surface area (Å²) in [6.07, 6.45) is 7.55. The van der Waals surface area contributed by atoms with Gasteiger partial charge in [-0.15, -0.1) is 11.3 Å². The topological polar surface area (TPSA) is 50.4 Å². The number of benzene rings is 1. The summed E-state index contributed by atoms with van der Waals surface area (Å²) in [6.45, 7) is 2.11. The number of thiocarbonyl (C=S) groups is 1. The van der Waals surface area contributed by atoms with Gasteiger partial charge in [0.15, 0.2) is 5.11 Å². The third-order valence-electron chi connectivity index (χ3n) is 4.98. The molecule has 28 heavy (non-hydrogen) atoms. The number of carbonyl (C=O) groups is 1. The van der Waals surface area contributed by atoms with Crippen molar-refractivity contribution in [1.29, 1.82) is 0 Å². The molecule has 7 heteroatoms. The highest BCUT2D eigenvalue weighted by Crippen LogP contribution is 2.37. The summed E-state index contributed by atoms with van der Waals surface area (Å²) in [6, 6.07) is 6.08. The van der Waals surface area contributed by atoms with Gasteiger partial charge in [0, 0.05) is 15.0 Å². The van der Waals surface area contributed by atoms with Crippen LogP contribution in [0.2, 0.25) is 0 Å². The molecule has 0 saturated heterocycles. The van der Waals surface area contributed by atoms with Crippen molar-refractivity contribution in [1.82, 2.24) is 0 Å². The Kier molecular flexibility index (Phi) is 7.48. The van der Waals surface area contributed by atoms with E-state index in [4.69, 9.17) is 17.0 Å². The van der Waals surface area contributed by atoms with E-state index in [1.165, 1.54) is 30.4 Å². The quantitative estimate of drug-likeness (QED) is 0.395. The molecule has 3 rings (SSSR count). The lowest BCUT2D eigenvalue weighted by atomic mass is 9.96. The third kappa shape index (κ3) is 4.93. The third-order valence-corrected chi connectivity index (χ3v) is 6.89. The van der Waals surface area contributed by atoms with Crippen LogP contribution in [0.1, 0.15) is 59.0 Å². The first-order chi connectivity index (χ1) is 13.5. The molecule has 0 unspecified atom stereocenters. The van der Waals surface area contributed by atoms with Crippen LogP contribution in [0.15, 0.2) is 22.7 Å².